The van der Waals surface area contributed by atoms with E-state index in [1.807, 2.05) is 18.2 Å². The summed E-state index contributed by atoms with van der Waals surface area (Å²) in [5.74, 6) is -1.63. The van der Waals surface area contributed by atoms with Gasteiger partial charge in [-0.3, -0.25) is 4.79 Å². The Labute approximate surface area is 149 Å². The summed E-state index contributed by atoms with van der Waals surface area (Å²) in [6.45, 7) is 0. The largest absolute Gasteiger partial charge is 0.480 e. The van der Waals surface area contributed by atoms with Gasteiger partial charge in [0.05, 0.1) is 5.52 Å². The van der Waals surface area contributed by atoms with Crippen molar-refractivity contribution in [2.24, 2.45) is 0 Å². The molecule has 1 heterocycles. The van der Waals surface area contributed by atoms with E-state index in [-0.39, 0.29) is 12.1 Å². The van der Waals surface area contributed by atoms with Crippen molar-refractivity contribution < 1.29 is 14.7 Å². The van der Waals surface area contributed by atoms with Crippen molar-refractivity contribution in [1.82, 2.24) is 10.3 Å². The Morgan fingerprint density at radius 3 is 2.48 bits per heavy atom. The number of carboxylic acids is 1. The molecule has 0 aliphatic rings. The van der Waals surface area contributed by atoms with E-state index in [4.69, 9.17) is 11.6 Å². The van der Waals surface area contributed by atoms with Gasteiger partial charge in [-0.15, -0.1) is 0 Å². The number of rotatable bonds is 5. The molecule has 0 fully saturated rings. The van der Waals surface area contributed by atoms with Crippen LogP contribution in [-0.2, 0) is 11.2 Å². The van der Waals surface area contributed by atoms with Gasteiger partial charge < -0.3 is 10.4 Å². The minimum Gasteiger partial charge on any atom is -0.480 e. The molecule has 0 saturated carbocycles. The van der Waals surface area contributed by atoms with Gasteiger partial charge >= 0.3 is 5.97 Å². The van der Waals surface area contributed by atoms with Gasteiger partial charge in [0.2, 0.25) is 0 Å². The standard InChI is InChI=1S/C19H15ClN2O3/c20-14-8-5-12(6-9-14)11-17(19(24)25)22-18(23)16-10-7-13-3-1-2-4-15(13)21-16/h1-10,17H,11H2,(H,22,23)(H,24,25)/t17-/m0/s1. The summed E-state index contributed by atoms with van der Waals surface area (Å²) in [5.41, 5.74) is 1.63. The smallest absolute Gasteiger partial charge is 0.326 e. The Bertz CT molecular complexity index is 925. The molecule has 0 unspecified atom stereocenters. The van der Waals surface area contributed by atoms with Crippen LogP contribution in [0.5, 0.6) is 0 Å². The SMILES string of the molecule is O=C(N[C@@H](Cc1ccc(Cl)cc1)C(=O)O)c1ccc2ccccc2n1. The number of hydrogen-bond acceptors (Lipinski definition) is 3. The van der Waals surface area contributed by atoms with E-state index in [2.05, 4.69) is 10.3 Å². The second kappa shape index (κ2) is 7.32. The molecule has 2 N–H and O–H groups in total. The topological polar surface area (TPSA) is 79.3 Å². The molecule has 0 bridgehead atoms. The minimum atomic E-state index is -1.11. The minimum absolute atomic E-state index is 0.159. The molecule has 3 aromatic rings. The number of carboxylic acid groups (broad SMARTS) is 1. The number of pyridine rings is 1. The van der Waals surface area contributed by atoms with Crippen molar-refractivity contribution in [2.75, 3.05) is 0 Å². The molecule has 1 atom stereocenters. The first-order valence-corrected chi connectivity index (χ1v) is 8.04. The van der Waals surface area contributed by atoms with E-state index in [1.165, 1.54) is 0 Å². The van der Waals surface area contributed by atoms with Gasteiger partial charge in [0, 0.05) is 16.8 Å². The zero-order valence-corrected chi connectivity index (χ0v) is 13.9. The highest BCUT2D eigenvalue weighted by Gasteiger charge is 2.22. The average Bonchev–Trinajstić information content (AvgIpc) is 2.62. The van der Waals surface area contributed by atoms with Gasteiger partial charge in [-0.1, -0.05) is 48.0 Å². The Balaban J connectivity index is 1.77. The van der Waals surface area contributed by atoms with E-state index in [9.17, 15) is 14.7 Å². The number of carbonyl (C=O) groups excluding carboxylic acids is 1. The summed E-state index contributed by atoms with van der Waals surface area (Å²) in [4.78, 5) is 28.2. The normalized spacial score (nSPS) is 11.9. The van der Waals surface area contributed by atoms with Gasteiger partial charge in [0.25, 0.3) is 5.91 Å². The molecule has 126 valence electrons. The third-order valence-electron chi connectivity index (χ3n) is 3.79. The van der Waals surface area contributed by atoms with Crippen LogP contribution in [0.1, 0.15) is 16.1 Å². The maximum atomic E-state index is 12.4. The lowest BCUT2D eigenvalue weighted by Crippen LogP contribution is -2.42. The number of carbonyl (C=O) groups is 2. The molecule has 0 aliphatic heterocycles. The number of aromatic nitrogens is 1. The molecular formula is C19H15ClN2O3. The monoisotopic (exact) mass is 354 g/mol. The van der Waals surface area contributed by atoms with E-state index in [0.717, 1.165) is 10.9 Å². The fourth-order valence-electron chi connectivity index (χ4n) is 2.48. The zero-order valence-electron chi connectivity index (χ0n) is 13.1. The lowest BCUT2D eigenvalue weighted by molar-refractivity contribution is -0.139. The Morgan fingerprint density at radius 2 is 1.76 bits per heavy atom. The van der Waals surface area contributed by atoms with E-state index in [0.29, 0.717) is 10.5 Å². The van der Waals surface area contributed by atoms with Gasteiger partial charge in [0.15, 0.2) is 0 Å². The summed E-state index contributed by atoms with van der Waals surface area (Å²) >= 11 is 5.83. The van der Waals surface area contributed by atoms with Crippen LogP contribution >= 0.6 is 11.6 Å². The fourth-order valence-corrected chi connectivity index (χ4v) is 2.61. The first-order chi connectivity index (χ1) is 12.0. The number of nitrogens with zero attached hydrogens (tertiary/aromatic N) is 1. The number of benzene rings is 2. The van der Waals surface area contributed by atoms with Crippen LogP contribution in [0.2, 0.25) is 5.02 Å². The van der Waals surface area contributed by atoms with Gasteiger partial charge in [0.1, 0.15) is 11.7 Å². The van der Waals surface area contributed by atoms with Crippen LogP contribution in [0.25, 0.3) is 10.9 Å². The van der Waals surface area contributed by atoms with E-state index in [1.54, 1.807) is 42.5 Å². The molecule has 1 amide bonds. The van der Waals surface area contributed by atoms with Gasteiger partial charge in [-0.05, 0) is 29.8 Å². The molecule has 1 aromatic heterocycles. The first kappa shape index (κ1) is 16.9. The Hall–Kier alpha value is -2.92. The maximum absolute atomic E-state index is 12.4. The van der Waals surface area contributed by atoms with Crippen molar-refractivity contribution in [1.29, 1.82) is 0 Å². The molecule has 6 heteroatoms. The third-order valence-corrected chi connectivity index (χ3v) is 4.04. The lowest BCUT2D eigenvalue weighted by Gasteiger charge is -2.14. The highest BCUT2D eigenvalue weighted by atomic mass is 35.5. The quantitative estimate of drug-likeness (QED) is 0.736. The molecule has 0 spiro atoms. The summed E-state index contributed by atoms with van der Waals surface area (Å²) < 4.78 is 0. The van der Waals surface area contributed by atoms with Crippen LogP contribution in [0.4, 0.5) is 0 Å². The Morgan fingerprint density at radius 1 is 1.04 bits per heavy atom. The zero-order chi connectivity index (χ0) is 17.8. The summed E-state index contributed by atoms with van der Waals surface area (Å²) in [6, 6.07) is 16.6. The van der Waals surface area contributed by atoms with Crippen molar-refractivity contribution in [3.05, 3.63) is 76.9 Å². The van der Waals surface area contributed by atoms with Crippen molar-refractivity contribution in [3.8, 4) is 0 Å². The molecule has 0 aliphatic carbocycles. The molecule has 0 radical (unpaired) electrons. The number of para-hydroxylation sites is 1. The number of nitrogens with one attached hydrogen (secondary N) is 1. The third kappa shape index (κ3) is 4.14. The summed E-state index contributed by atoms with van der Waals surface area (Å²) in [5, 5.41) is 13.4. The second-order valence-electron chi connectivity index (χ2n) is 5.58. The van der Waals surface area contributed by atoms with E-state index < -0.39 is 17.9 Å². The summed E-state index contributed by atoms with van der Waals surface area (Å²) in [6.07, 6.45) is 0.159. The van der Waals surface area contributed by atoms with Gasteiger partial charge in [-0.25, -0.2) is 9.78 Å². The number of fused-ring (bicyclic) bond motifs is 1. The highest BCUT2D eigenvalue weighted by Crippen LogP contribution is 2.13. The van der Waals surface area contributed by atoms with Crippen molar-refractivity contribution >= 4 is 34.4 Å². The summed E-state index contributed by atoms with van der Waals surface area (Å²) in [7, 11) is 0. The fraction of sp³-hybridized carbons (Fsp3) is 0.105. The maximum Gasteiger partial charge on any atom is 0.326 e. The van der Waals surface area contributed by atoms with Crippen LogP contribution in [0.15, 0.2) is 60.7 Å². The van der Waals surface area contributed by atoms with Gasteiger partial charge in [-0.2, -0.15) is 0 Å². The molecule has 3 rings (SSSR count). The number of amides is 1. The Kier molecular flexibility index (Phi) is 4.95. The lowest BCUT2D eigenvalue weighted by atomic mass is 10.1. The molecule has 0 saturated heterocycles. The number of aliphatic carboxylic acids is 1. The molecule has 5 nitrogen and oxygen atoms in total. The predicted molar refractivity (Wildman–Crippen MR) is 95.8 cm³/mol. The second-order valence-corrected chi connectivity index (χ2v) is 6.02. The number of hydrogen-bond donors (Lipinski definition) is 2. The number of halogens is 1. The molecule has 25 heavy (non-hydrogen) atoms. The van der Waals surface area contributed by atoms with Crippen molar-refractivity contribution in [2.45, 2.75) is 12.5 Å². The molecule has 2 aromatic carbocycles. The highest BCUT2D eigenvalue weighted by molar-refractivity contribution is 6.30. The average molecular weight is 355 g/mol. The van der Waals surface area contributed by atoms with E-state index >= 15 is 0 Å². The first-order valence-electron chi connectivity index (χ1n) is 7.67. The predicted octanol–water partition coefficient (Wildman–Crippen LogP) is 3.31. The van der Waals surface area contributed by atoms with Crippen LogP contribution in [0, 0.1) is 0 Å². The van der Waals surface area contributed by atoms with Crippen LogP contribution in [0.3, 0.4) is 0 Å². The van der Waals surface area contributed by atoms with Crippen LogP contribution < -0.4 is 5.32 Å². The molecular weight excluding hydrogens is 340 g/mol. The van der Waals surface area contributed by atoms with Crippen molar-refractivity contribution in [3.63, 3.8) is 0 Å². The van der Waals surface area contributed by atoms with Crippen LogP contribution in [-0.4, -0.2) is 28.0 Å².